The summed E-state index contributed by atoms with van der Waals surface area (Å²) >= 11 is 4.51. The van der Waals surface area contributed by atoms with E-state index in [4.69, 9.17) is 14.0 Å². The third kappa shape index (κ3) is 5.83. The van der Waals surface area contributed by atoms with Crippen molar-refractivity contribution in [2.75, 3.05) is 36.8 Å². The number of hydrogen-bond donors (Lipinski definition) is 1. The molecule has 2 aliphatic heterocycles. The van der Waals surface area contributed by atoms with E-state index < -0.39 is 12.7 Å². The maximum Gasteiger partial charge on any atom is 0.491 e. The van der Waals surface area contributed by atoms with Gasteiger partial charge < -0.3 is 23.8 Å². The van der Waals surface area contributed by atoms with Gasteiger partial charge >= 0.3 is 13.2 Å². The second-order valence-corrected chi connectivity index (χ2v) is 10.8. The van der Waals surface area contributed by atoms with Crippen molar-refractivity contribution in [3.8, 4) is 0 Å². The zero-order valence-electron chi connectivity index (χ0n) is 20.5. The number of benzene rings is 1. The molecule has 1 aromatic rings. The van der Waals surface area contributed by atoms with E-state index in [-0.39, 0.29) is 17.3 Å². The molecular formula is C24H37BN2O4S. The van der Waals surface area contributed by atoms with Crippen LogP contribution in [0, 0.1) is 0 Å². The van der Waals surface area contributed by atoms with E-state index in [1.165, 1.54) is 0 Å². The Balaban J connectivity index is 1.61. The van der Waals surface area contributed by atoms with Gasteiger partial charge in [0, 0.05) is 37.6 Å². The van der Waals surface area contributed by atoms with Crippen LogP contribution in [0.2, 0.25) is 0 Å². The molecule has 0 aliphatic carbocycles. The molecule has 0 saturated carbocycles. The lowest BCUT2D eigenvalue weighted by atomic mass is 9.78. The van der Waals surface area contributed by atoms with Crippen molar-refractivity contribution in [1.82, 2.24) is 4.90 Å². The zero-order valence-corrected chi connectivity index (χ0v) is 21.4. The number of carbonyl (C=O) groups is 1. The van der Waals surface area contributed by atoms with E-state index in [9.17, 15) is 4.79 Å². The molecule has 176 valence electrons. The Morgan fingerprint density at radius 2 is 1.59 bits per heavy atom. The molecule has 1 aromatic carbocycles. The van der Waals surface area contributed by atoms with Crippen LogP contribution in [0.4, 0.5) is 10.5 Å². The molecule has 6 nitrogen and oxygen atoms in total. The van der Waals surface area contributed by atoms with Gasteiger partial charge in [-0.2, -0.15) is 12.6 Å². The third-order valence-corrected chi connectivity index (χ3v) is 6.65. The van der Waals surface area contributed by atoms with Gasteiger partial charge in [0.15, 0.2) is 0 Å². The fourth-order valence-electron chi connectivity index (χ4n) is 3.65. The number of piperazine rings is 1. The van der Waals surface area contributed by atoms with Gasteiger partial charge in [0.25, 0.3) is 0 Å². The summed E-state index contributed by atoms with van der Waals surface area (Å²) in [5.74, 6) is 0.561. The zero-order chi connectivity index (χ0) is 23.7. The van der Waals surface area contributed by atoms with Crippen molar-refractivity contribution >= 4 is 37.6 Å². The fourth-order valence-corrected chi connectivity index (χ4v) is 3.89. The molecule has 2 heterocycles. The smallest absolute Gasteiger partial charge is 0.444 e. The van der Waals surface area contributed by atoms with Gasteiger partial charge in [0.2, 0.25) is 0 Å². The normalized spacial score (nSPS) is 21.1. The largest absolute Gasteiger partial charge is 0.491 e. The number of thiol groups is 1. The number of hydrogen-bond acceptors (Lipinski definition) is 6. The van der Waals surface area contributed by atoms with Gasteiger partial charge in [-0.15, -0.1) is 0 Å². The number of anilines is 1. The molecule has 0 bridgehead atoms. The maximum atomic E-state index is 12.3. The maximum absolute atomic E-state index is 12.3. The molecule has 0 spiro atoms. The van der Waals surface area contributed by atoms with Crippen LogP contribution in [0.25, 0.3) is 6.08 Å². The highest BCUT2D eigenvalue weighted by molar-refractivity contribution is 7.80. The molecule has 32 heavy (non-hydrogen) atoms. The van der Waals surface area contributed by atoms with Crippen LogP contribution in [0.3, 0.4) is 0 Å². The summed E-state index contributed by atoms with van der Waals surface area (Å²) in [4.78, 5) is 16.3. The molecule has 8 heteroatoms. The lowest BCUT2D eigenvalue weighted by molar-refractivity contribution is 0.00578. The summed E-state index contributed by atoms with van der Waals surface area (Å²) in [6.45, 7) is 16.8. The number of nitrogens with zero attached hydrogens (tertiary/aromatic N) is 2. The Morgan fingerprint density at radius 3 is 2.06 bits per heavy atom. The first-order valence-corrected chi connectivity index (χ1v) is 11.9. The number of amides is 1. The van der Waals surface area contributed by atoms with E-state index in [1.54, 1.807) is 4.90 Å². The summed E-state index contributed by atoms with van der Waals surface area (Å²) in [6.07, 6.45) is 1.86. The molecule has 2 fully saturated rings. The lowest BCUT2D eigenvalue weighted by Crippen LogP contribution is -2.50. The highest BCUT2D eigenvalue weighted by atomic mass is 32.1. The van der Waals surface area contributed by atoms with Crippen LogP contribution in [0.5, 0.6) is 0 Å². The number of rotatable bonds is 4. The third-order valence-electron chi connectivity index (χ3n) is 6.28. The first-order chi connectivity index (χ1) is 14.8. The highest BCUT2D eigenvalue weighted by Crippen LogP contribution is 2.39. The van der Waals surface area contributed by atoms with E-state index in [2.05, 4.69) is 75.6 Å². The lowest BCUT2D eigenvalue weighted by Gasteiger charge is -2.36. The van der Waals surface area contributed by atoms with Crippen LogP contribution in [0.15, 0.2) is 29.7 Å². The van der Waals surface area contributed by atoms with Gasteiger partial charge in [0.05, 0.1) is 11.2 Å². The molecule has 0 aromatic heterocycles. The SMILES string of the molecule is CC(C)(C)OC(=O)N1CCN(c2ccc(C=C(CS)B3OC(C)(C)C(C)(C)O3)cc2)CC1. The molecule has 0 atom stereocenters. The van der Waals surface area contributed by atoms with Crippen molar-refractivity contribution in [3.05, 3.63) is 35.3 Å². The minimum Gasteiger partial charge on any atom is -0.444 e. The Hall–Kier alpha value is -1.64. The molecule has 0 unspecified atom stereocenters. The van der Waals surface area contributed by atoms with Gasteiger partial charge in [-0.3, -0.25) is 0 Å². The molecular weight excluding hydrogens is 423 g/mol. The Kier molecular flexibility index (Phi) is 7.28. The van der Waals surface area contributed by atoms with Crippen LogP contribution < -0.4 is 4.90 Å². The Morgan fingerprint density at radius 1 is 1.06 bits per heavy atom. The van der Waals surface area contributed by atoms with Crippen LogP contribution in [-0.2, 0) is 14.0 Å². The molecule has 2 aliphatic rings. The molecule has 1 amide bonds. The first kappa shape index (κ1) is 25.0. The number of carbonyl (C=O) groups excluding carboxylic acids is 1. The standard InChI is InChI=1S/C24H37BN2O4S/c1-22(2,3)29-21(28)27-14-12-26(13-15-27)20-10-8-18(9-11-20)16-19(17-32)25-30-23(4,5)24(6,7)31-25/h8-11,16,32H,12-15,17H2,1-7H3. The van der Waals surface area contributed by atoms with Gasteiger partial charge in [0.1, 0.15) is 5.60 Å². The predicted molar refractivity (Wildman–Crippen MR) is 134 cm³/mol. The molecule has 0 N–H and O–H groups in total. The monoisotopic (exact) mass is 460 g/mol. The average Bonchev–Trinajstić information content (AvgIpc) is 2.92. The minimum atomic E-state index is -0.469. The van der Waals surface area contributed by atoms with Crippen LogP contribution in [-0.4, -0.2) is 66.8 Å². The van der Waals surface area contributed by atoms with Gasteiger partial charge in [-0.1, -0.05) is 18.2 Å². The Bertz CT molecular complexity index is 825. The quantitative estimate of drug-likeness (QED) is 0.522. The van der Waals surface area contributed by atoms with Crippen molar-refractivity contribution in [3.63, 3.8) is 0 Å². The summed E-state index contributed by atoms with van der Waals surface area (Å²) in [5, 5.41) is 0. The Labute approximate surface area is 198 Å². The topological polar surface area (TPSA) is 51.2 Å². The van der Waals surface area contributed by atoms with E-state index in [1.807, 2.05) is 20.8 Å². The fraction of sp³-hybridized carbons (Fsp3) is 0.625. The van der Waals surface area contributed by atoms with Crippen molar-refractivity contribution in [1.29, 1.82) is 0 Å². The van der Waals surface area contributed by atoms with Crippen LogP contribution >= 0.6 is 12.6 Å². The van der Waals surface area contributed by atoms with E-state index in [0.29, 0.717) is 18.8 Å². The highest BCUT2D eigenvalue weighted by Gasteiger charge is 2.52. The van der Waals surface area contributed by atoms with Crippen molar-refractivity contribution in [2.45, 2.75) is 65.3 Å². The van der Waals surface area contributed by atoms with E-state index >= 15 is 0 Å². The summed E-state index contributed by atoms with van der Waals surface area (Å²) in [7, 11) is -0.391. The molecule has 2 saturated heterocycles. The van der Waals surface area contributed by atoms with Gasteiger partial charge in [-0.25, -0.2) is 4.79 Å². The predicted octanol–water partition coefficient (Wildman–Crippen LogP) is 4.69. The second kappa shape index (κ2) is 9.31. The average molecular weight is 460 g/mol. The van der Waals surface area contributed by atoms with Crippen molar-refractivity contribution in [2.24, 2.45) is 0 Å². The van der Waals surface area contributed by atoms with Crippen molar-refractivity contribution < 1.29 is 18.8 Å². The second-order valence-electron chi connectivity index (χ2n) is 10.5. The molecule has 0 radical (unpaired) electrons. The summed E-state index contributed by atoms with van der Waals surface area (Å²) in [6, 6.07) is 8.44. The molecule has 3 rings (SSSR count). The number of ether oxygens (including phenoxy) is 1. The van der Waals surface area contributed by atoms with Gasteiger partial charge in [-0.05, 0) is 71.6 Å². The minimum absolute atomic E-state index is 0.236. The summed E-state index contributed by atoms with van der Waals surface area (Å²) in [5.41, 5.74) is 2.03. The van der Waals surface area contributed by atoms with E-state index in [0.717, 1.165) is 29.8 Å². The van der Waals surface area contributed by atoms with Crippen LogP contribution in [0.1, 0.15) is 54.0 Å². The first-order valence-electron chi connectivity index (χ1n) is 11.3. The summed E-state index contributed by atoms with van der Waals surface area (Å²) < 4.78 is 17.8.